The zero-order chi connectivity index (χ0) is 22.7. The Balaban J connectivity index is 1.49. The third-order valence-corrected chi connectivity index (χ3v) is 5.38. The van der Waals surface area contributed by atoms with Crippen LogP contribution in [0.5, 0.6) is 5.75 Å². The third-order valence-electron chi connectivity index (χ3n) is 4.46. The van der Waals surface area contributed by atoms with E-state index >= 15 is 0 Å². The summed E-state index contributed by atoms with van der Waals surface area (Å²) in [6.07, 6.45) is -4.57. The van der Waals surface area contributed by atoms with Gasteiger partial charge in [-0.25, -0.2) is 0 Å². The van der Waals surface area contributed by atoms with E-state index in [0.29, 0.717) is 22.2 Å². The molecule has 1 N–H and O–H groups in total. The highest BCUT2D eigenvalue weighted by Gasteiger charge is 2.33. The van der Waals surface area contributed by atoms with Crippen LogP contribution < -0.4 is 10.1 Å². The minimum atomic E-state index is -4.57. The molecule has 0 atom stereocenters. The van der Waals surface area contributed by atoms with Gasteiger partial charge in [-0.05, 0) is 48.5 Å². The number of hydrogen-bond acceptors (Lipinski definition) is 6. The Morgan fingerprint density at radius 2 is 1.81 bits per heavy atom. The van der Waals surface area contributed by atoms with Crippen molar-refractivity contribution in [1.29, 1.82) is 0 Å². The Bertz CT molecular complexity index is 1260. The number of nitrogens with one attached hydrogen (secondary N) is 1. The number of methoxy groups -OCH3 is 1. The van der Waals surface area contributed by atoms with Crippen LogP contribution in [0.2, 0.25) is 0 Å². The zero-order valence-electron chi connectivity index (χ0n) is 16.6. The van der Waals surface area contributed by atoms with Gasteiger partial charge in [0.25, 0.3) is 0 Å². The van der Waals surface area contributed by atoms with E-state index in [1.54, 1.807) is 19.2 Å². The summed E-state index contributed by atoms with van der Waals surface area (Å²) in [4.78, 5) is 12.3. The smallest absolute Gasteiger partial charge is 0.418 e. The second kappa shape index (κ2) is 8.87. The maximum Gasteiger partial charge on any atom is 0.418 e. The average molecular weight is 459 g/mol. The molecule has 0 saturated carbocycles. The Hall–Kier alpha value is -3.60. The van der Waals surface area contributed by atoms with Crippen LogP contribution in [0.3, 0.4) is 0 Å². The highest BCUT2D eigenvalue weighted by molar-refractivity contribution is 7.99. The summed E-state index contributed by atoms with van der Waals surface area (Å²) in [7, 11) is 1.58. The number of benzene rings is 2. The number of ether oxygens (including phenoxy) is 1. The molecule has 7 nitrogen and oxygen atoms in total. The van der Waals surface area contributed by atoms with Gasteiger partial charge < -0.3 is 10.1 Å². The molecule has 0 radical (unpaired) electrons. The molecule has 11 heteroatoms. The fourth-order valence-electron chi connectivity index (χ4n) is 2.93. The molecule has 0 aliphatic rings. The predicted octanol–water partition coefficient (Wildman–Crippen LogP) is 4.55. The highest BCUT2D eigenvalue weighted by atomic mass is 32.2. The Labute approximate surface area is 184 Å². The molecule has 4 rings (SSSR count). The van der Waals surface area contributed by atoms with Crippen molar-refractivity contribution >= 4 is 29.0 Å². The molecule has 0 bridgehead atoms. The second-order valence-corrected chi connectivity index (χ2v) is 7.52. The van der Waals surface area contributed by atoms with Gasteiger partial charge in [0.1, 0.15) is 5.75 Å². The maximum absolute atomic E-state index is 13.1. The van der Waals surface area contributed by atoms with Crippen LogP contribution in [0.1, 0.15) is 5.56 Å². The first kappa shape index (κ1) is 21.6. The number of alkyl halides is 3. The van der Waals surface area contributed by atoms with Gasteiger partial charge in [0, 0.05) is 5.56 Å². The van der Waals surface area contributed by atoms with E-state index in [0.717, 1.165) is 23.4 Å². The molecule has 2 aromatic carbocycles. The van der Waals surface area contributed by atoms with Crippen molar-refractivity contribution in [2.75, 3.05) is 18.2 Å². The van der Waals surface area contributed by atoms with Crippen LogP contribution in [0.15, 0.2) is 65.8 Å². The van der Waals surface area contributed by atoms with E-state index < -0.39 is 17.6 Å². The maximum atomic E-state index is 13.1. The summed E-state index contributed by atoms with van der Waals surface area (Å²) in [5, 5.41) is 15.2. The van der Waals surface area contributed by atoms with Gasteiger partial charge in [-0.2, -0.15) is 22.8 Å². The Morgan fingerprint density at radius 1 is 1.06 bits per heavy atom. The molecule has 2 heterocycles. The molecular formula is C21H16F3N5O2S. The number of rotatable bonds is 6. The van der Waals surface area contributed by atoms with Gasteiger partial charge in [-0.15, -0.1) is 10.2 Å². The number of carbonyl (C=O) groups excluding carboxylic acids is 1. The van der Waals surface area contributed by atoms with Crippen molar-refractivity contribution in [2.24, 2.45) is 0 Å². The van der Waals surface area contributed by atoms with Crippen LogP contribution in [-0.2, 0) is 11.0 Å². The first-order chi connectivity index (χ1) is 15.3. The molecule has 2 aromatic heterocycles. The number of fused-ring (bicyclic) bond motifs is 1. The number of halogens is 3. The van der Waals surface area contributed by atoms with Crippen LogP contribution in [-0.4, -0.2) is 38.6 Å². The normalized spacial score (nSPS) is 11.5. The molecule has 0 spiro atoms. The average Bonchev–Trinajstić information content (AvgIpc) is 3.19. The molecule has 0 fully saturated rings. The number of hydrogen-bond donors (Lipinski definition) is 1. The molecule has 0 aliphatic carbocycles. The Morgan fingerprint density at radius 3 is 2.53 bits per heavy atom. The van der Waals surface area contributed by atoms with Crippen molar-refractivity contribution in [3.63, 3.8) is 0 Å². The minimum Gasteiger partial charge on any atom is -0.497 e. The predicted molar refractivity (Wildman–Crippen MR) is 114 cm³/mol. The van der Waals surface area contributed by atoms with Gasteiger partial charge in [-0.3, -0.25) is 4.79 Å². The van der Waals surface area contributed by atoms with E-state index in [9.17, 15) is 18.0 Å². The lowest BCUT2D eigenvalue weighted by molar-refractivity contribution is -0.137. The van der Waals surface area contributed by atoms with E-state index in [1.807, 2.05) is 24.3 Å². The van der Waals surface area contributed by atoms with Gasteiger partial charge in [0.15, 0.2) is 5.65 Å². The van der Waals surface area contributed by atoms with Crippen molar-refractivity contribution < 1.29 is 22.7 Å². The van der Waals surface area contributed by atoms with Crippen molar-refractivity contribution in [3.05, 3.63) is 66.2 Å². The summed E-state index contributed by atoms with van der Waals surface area (Å²) < 4.78 is 46.0. The molecule has 164 valence electrons. The highest BCUT2D eigenvalue weighted by Crippen LogP contribution is 2.34. The number of thioether (sulfide) groups is 1. The number of para-hydroxylation sites is 1. The number of anilines is 1. The van der Waals surface area contributed by atoms with Gasteiger partial charge in [0.05, 0.1) is 29.8 Å². The van der Waals surface area contributed by atoms with E-state index in [-0.39, 0.29) is 11.4 Å². The summed E-state index contributed by atoms with van der Waals surface area (Å²) in [5.74, 6) is -0.0511. The molecule has 1 amide bonds. The molecule has 0 unspecified atom stereocenters. The van der Waals surface area contributed by atoms with Crippen LogP contribution in [0, 0.1) is 0 Å². The molecule has 0 saturated heterocycles. The van der Waals surface area contributed by atoms with Crippen molar-refractivity contribution in [2.45, 2.75) is 11.3 Å². The number of aromatic nitrogens is 4. The quantitative estimate of drug-likeness (QED) is 0.426. The van der Waals surface area contributed by atoms with E-state index in [2.05, 4.69) is 20.6 Å². The number of amides is 1. The molecule has 32 heavy (non-hydrogen) atoms. The monoisotopic (exact) mass is 459 g/mol. The molecule has 0 aliphatic heterocycles. The molecule has 4 aromatic rings. The lowest BCUT2D eigenvalue weighted by Gasteiger charge is -2.13. The SMILES string of the molecule is COc1ccc(-c2ccc3nnc(SCC(=O)Nc4ccccc4C(F)(F)F)n3n2)cc1. The topological polar surface area (TPSA) is 81.4 Å². The number of carbonyl (C=O) groups is 1. The van der Waals surface area contributed by atoms with Gasteiger partial charge in [-0.1, -0.05) is 23.9 Å². The summed E-state index contributed by atoms with van der Waals surface area (Å²) in [5.41, 5.74) is 0.783. The van der Waals surface area contributed by atoms with Crippen LogP contribution >= 0.6 is 11.8 Å². The summed E-state index contributed by atoms with van der Waals surface area (Å²) >= 11 is 1.02. The second-order valence-electron chi connectivity index (χ2n) is 6.58. The van der Waals surface area contributed by atoms with Crippen LogP contribution in [0.4, 0.5) is 18.9 Å². The Kier molecular flexibility index (Phi) is 5.99. The minimum absolute atomic E-state index is 0.165. The first-order valence-corrected chi connectivity index (χ1v) is 10.3. The lowest BCUT2D eigenvalue weighted by Crippen LogP contribution is -2.18. The number of nitrogens with zero attached hydrogens (tertiary/aromatic N) is 4. The summed E-state index contributed by atoms with van der Waals surface area (Å²) in [6.45, 7) is 0. The molecular weight excluding hydrogens is 443 g/mol. The van der Waals surface area contributed by atoms with Crippen LogP contribution in [0.25, 0.3) is 16.9 Å². The summed E-state index contributed by atoms with van der Waals surface area (Å²) in [6, 6.07) is 15.7. The van der Waals surface area contributed by atoms with Crippen molar-refractivity contribution in [3.8, 4) is 17.0 Å². The fraction of sp³-hybridized carbons (Fsp3) is 0.143. The zero-order valence-corrected chi connectivity index (χ0v) is 17.4. The lowest BCUT2D eigenvalue weighted by atomic mass is 10.1. The fourth-order valence-corrected chi connectivity index (χ4v) is 3.62. The van der Waals surface area contributed by atoms with E-state index in [1.165, 1.54) is 22.7 Å². The first-order valence-electron chi connectivity index (χ1n) is 9.31. The van der Waals surface area contributed by atoms with Gasteiger partial charge >= 0.3 is 6.18 Å². The van der Waals surface area contributed by atoms with E-state index in [4.69, 9.17) is 4.74 Å². The largest absolute Gasteiger partial charge is 0.497 e. The van der Waals surface area contributed by atoms with Gasteiger partial charge in [0.2, 0.25) is 11.1 Å². The standard InChI is InChI=1S/C21H16F3N5O2S/c1-31-14-8-6-13(7-9-14)16-10-11-18-26-27-20(29(18)28-16)32-12-19(30)25-17-5-3-2-4-15(17)21(22,23)24/h2-11H,12H2,1H3,(H,25,30). The third kappa shape index (κ3) is 4.67. The van der Waals surface area contributed by atoms with Crippen molar-refractivity contribution in [1.82, 2.24) is 19.8 Å².